The van der Waals surface area contributed by atoms with Crippen LogP contribution < -0.4 is 5.32 Å². The van der Waals surface area contributed by atoms with Gasteiger partial charge in [-0.15, -0.1) is 0 Å². The lowest BCUT2D eigenvalue weighted by atomic mass is 10.3. The van der Waals surface area contributed by atoms with Gasteiger partial charge in [-0.2, -0.15) is 0 Å². The zero-order valence-electron chi connectivity index (χ0n) is 9.59. The predicted molar refractivity (Wildman–Crippen MR) is 77.6 cm³/mol. The fraction of sp³-hybridized carbons (Fsp3) is 0.500. The van der Waals surface area contributed by atoms with E-state index < -0.39 is 0 Å². The van der Waals surface area contributed by atoms with Gasteiger partial charge in [-0.25, -0.2) is 0 Å². The molecular weight excluding hydrogens is 348 g/mol. The lowest BCUT2D eigenvalue weighted by Gasteiger charge is -2.26. The fourth-order valence-corrected chi connectivity index (χ4v) is 2.55. The van der Waals surface area contributed by atoms with Crippen LogP contribution in [0.15, 0.2) is 27.1 Å². The first-order chi connectivity index (χ1) is 8.25. The molecule has 0 atom stereocenters. The van der Waals surface area contributed by atoms with E-state index in [4.69, 9.17) is 4.74 Å². The summed E-state index contributed by atoms with van der Waals surface area (Å²) in [6.45, 7) is 5.82. The van der Waals surface area contributed by atoms with Crippen molar-refractivity contribution in [2.24, 2.45) is 0 Å². The van der Waals surface area contributed by atoms with Gasteiger partial charge in [0.25, 0.3) is 0 Å². The number of nitrogens with one attached hydrogen (secondary N) is 1. The molecule has 0 radical (unpaired) electrons. The molecule has 1 N–H and O–H groups in total. The van der Waals surface area contributed by atoms with Gasteiger partial charge in [-0.1, -0.05) is 15.9 Å². The van der Waals surface area contributed by atoms with Crippen LogP contribution in [0.5, 0.6) is 0 Å². The number of halogens is 2. The van der Waals surface area contributed by atoms with Crippen LogP contribution in [0.2, 0.25) is 0 Å². The zero-order chi connectivity index (χ0) is 12.1. The highest BCUT2D eigenvalue weighted by molar-refractivity contribution is 9.11. The van der Waals surface area contributed by atoms with Gasteiger partial charge >= 0.3 is 0 Å². The quantitative estimate of drug-likeness (QED) is 0.890. The van der Waals surface area contributed by atoms with E-state index in [9.17, 15) is 0 Å². The Kier molecular flexibility index (Phi) is 5.28. The van der Waals surface area contributed by atoms with Crippen molar-refractivity contribution in [2.45, 2.75) is 0 Å². The van der Waals surface area contributed by atoms with Gasteiger partial charge in [0, 0.05) is 40.8 Å². The molecule has 1 fully saturated rings. The first-order valence-electron chi connectivity index (χ1n) is 5.75. The molecule has 94 valence electrons. The van der Waals surface area contributed by atoms with Gasteiger partial charge in [-0.05, 0) is 34.1 Å². The lowest BCUT2D eigenvalue weighted by Crippen LogP contribution is -2.39. The van der Waals surface area contributed by atoms with Crippen LogP contribution in [-0.4, -0.2) is 44.3 Å². The molecule has 1 aliphatic rings. The minimum absolute atomic E-state index is 0.862. The van der Waals surface area contributed by atoms with Gasteiger partial charge in [0.05, 0.1) is 13.2 Å². The predicted octanol–water partition coefficient (Wildman–Crippen LogP) is 2.96. The number of rotatable bonds is 4. The van der Waals surface area contributed by atoms with Crippen LogP contribution in [0.4, 0.5) is 5.69 Å². The minimum Gasteiger partial charge on any atom is -0.383 e. The minimum atomic E-state index is 0.862. The SMILES string of the molecule is Brc1ccc(Br)c(NCCN2CCOCC2)c1. The standard InChI is InChI=1S/C12H16Br2N2O/c13-10-1-2-11(14)12(9-10)15-3-4-16-5-7-17-8-6-16/h1-2,9,15H,3-8H2. The molecule has 5 heteroatoms. The van der Waals surface area contributed by atoms with E-state index in [1.54, 1.807) is 0 Å². The van der Waals surface area contributed by atoms with E-state index in [2.05, 4.69) is 48.1 Å². The molecule has 0 aromatic heterocycles. The van der Waals surface area contributed by atoms with Crippen LogP contribution in [0, 0.1) is 0 Å². The van der Waals surface area contributed by atoms with Crippen LogP contribution in [0.3, 0.4) is 0 Å². The Bertz CT molecular complexity index is 368. The first kappa shape index (κ1) is 13.3. The third-order valence-electron chi connectivity index (χ3n) is 2.78. The van der Waals surface area contributed by atoms with E-state index in [1.807, 2.05) is 12.1 Å². The maximum Gasteiger partial charge on any atom is 0.0594 e. The second-order valence-corrected chi connectivity index (χ2v) is 5.77. The number of hydrogen-bond acceptors (Lipinski definition) is 3. The summed E-state index contributed by atoms with van der Waals surface area (Å²) in [6.07, 6.45) is 0. The molecule has 1 aromatic carbocycles. The first-order valence-corrected chi connectivity index (χ1v) is 7.33. The number of anilines is 1. The van der Waals surface area contributed by atoms with Gasteiger partial charge < -0.3 is 10.1 Å². The molecule has 0 aliphatic carbocycles. The number of morpholine rings is 1. The second-order valence-electron chi connectivity index (χ2n) is 4.00. The molecule has 1 saturated heterocycles. The summed E-state index contributed by atoms with van der Waals surface area (Å²) in [5, 5.41) is 3.44. The molecule has 0 unspecified atom stereocenters. The second kappa shape index (κ2) is 6.73. The highest BCUT2D eigenvalue weighted by atomic mass is 79.9. The van der Waals surface area contributed by atoms with E-state index in [1.165, 1.54) is 0 Å². The van der Waals surface area contributed by atoms with Crippen molar-refractivity contribution < 1.29 is 4.74 Å². The summed E-state index contributed by atoms with van der Waals surface area (Å²) < 4.78 is 7.52. The highest BCUT2D eigenvalue weighted by Gasteiger charge is 2.09. The Hall–Kier alpha value is -0.100. The fourth-order valence-electron chi connectivity index (χ4n) is 1.81. The van der Waals surface area contributed by atoms with Crippen molar-refractivity contribution in [3.63, 3.8) is 0 Å². The van der Waals surface area contributed by atoms with Crippen LogP contribution in [-0.2, 0) is 4.74 Å². The highest BCUT2D eigenvalue weighted by Crippen LogP contribution is 2.25. The molecule has 0 amide bonds. The van der Waals surface area contributed by atoms with Crippen molar-refractivity contribution in [3.05, 3.63) is 27.1 Å². The Labute approximate surface area is 119 Å². The third kappa shape index (κ3) is 4.25. The topological polar surface area (TPSA) is 24.5 Å². The van der Waals surface area contributed by atoms with Crippen LogP contribution in [0.25, 0.3) is 0 Å². The molecule has 3 nitrogen and oxygen atoms in total. The maximum atomic E-state index is 5.32. The van der Waals surface area contributed by atoms with Crippen molar-refractivity contribution in [2.75, 3.05) is 44.7 Å². The van der Waals surface area contributed by atoms with Crippen LogP contribution in [0.1, 0.15) is 0 Å². The summed E-state index contributed by atoms with van der Waals surface area (Å²) in [4.78, 5) is 2.42. The molecule has 0 saturated carbocycles. The molecular formula is C12H16Br2N2O. The number of ether oxygens (including phenoxy) is 1. The summed E-state index contributed by atoms with van der Waals surface area (Å²) in [5.41, 5.74) is 1.13. The number of benzene rings is 1. The zero-order valence-corrected chi connectivity index (χ0v) is 12.8. The van der Waals surface area contributed by atoms with E-state index >= 15 is 0 Å². The summed E-state index contributed by atoms with van der Waals surface area (Å²) in [7, 11) is 0. The van der Waals surface area contributed by atoms with Crippen molar-refractivity contribution in [1.82, 2.24) is 4.90 Å². The van der Waals surface area contributed by atoms with Gasteiger partial charge in [0.15, 0.2) is 0 Å². The Morgan fingerprint density at radius 3 is 2.76 bits per heavy atom. The lowest BCUT2D eigenvalue weighted by molar-refractivity contribution is 0.0398. The van der Waals surface area contributed by atoms with Gasteiger partial charge in [0.1, 0.15) is 0 Å². The monoisotopic (exact) mass is 362 g/mol. The molecule has 1 aromatic rings. The Morgan fingerprint density at radius 2 is 2.00 bits per heavy atom. The largest absolute Gasteiger partial charge is 0.383 e. The molecule has 17 heavy (non-hydrogen) atoms. The molecule has 0 bridgehead atoms. The average molecular weight is 364 g/mol. The van der Waals surface area contributed by atoms with Crippen molar-refractivity contribution in [1.29, 1.82) is 0 Å². The summed E-state index contributed by atoms with van der Waals surface area (Å²) >= 11 is 7.02. The van der Waals surface area contributed by atoms with Gasteiger partial charge in [-0.3, -0.25) is 4.90 Å². The molecule has 1 aliphatic heterocycles. The van der Waals surface area contributed by atoms with Crippen molar-refractivity contribution >= 4 is 37.5 Å². The third-order valence-corrected chi connectivity index (χ3v) is 3.96. The van der Waals surface area contributed by atoms with Gasteiger partial charge in [0.2, 0.25) is 0 Å². The molecule has 2 rings (SSSR count). The average Bonchev–Trinajstić information content (AvgIpc) is 2.35. The van der Waals surface area contributed by atoms with E-state index in [-0.39, 0.29) is 0 Å². The van der Waals surface area contributed by atoms with E-state index in [0.29, 0.717) is 0 Å². The summed E-state index contributed by atoms with van der Waals surface area (Å²) in [6, 6.07) is 6.15. The molecule has 1 heterocycles. The Morgan fingerprint density at radius 1 is 1.24 bits per heavy atom. The van der Waals surface area contributed by atoms with Crippen molar-refractivity contribution in [3.8, 4) is 0 Å². The molecule has 0 spiro atoms. The maximum absolute atomic E-state index is 5.32. The summed E-state index contributed by atoms with van der Waals surface area (Å²) in [5.74, 6) is 0. The van der Waals surface area contributed by atoms with Crippen LogP contribution >= 0.6 is 31.9 Å². The Balaban J connectivity index is 1.79. The smallest absolute Gasteiger partial charge is 0.0594 e. The number of hydrogen-bond donors (Lipinski definition) is 1. The van der Waals surface area contributed by atoms with E-state index in [0.717, 1.165) is 54.0 Å². The number of nitrogens with zero attached hydrogens (tertiary/aromatic N) is 1. The normalized spacial score (nSPS) is 17.1.